The van der Waals surface area contributed by atoms with Gasteiger partial charge in [-0.3, -0.25) is 4.99 Å². The largest absolute Gasteiger partial charge is 0.496 e. The second-order valence-electron chi connectivity index (χ2n) is 5.82. The van der Waals surface area contributed by atoms with Crippen LogP contribution in [0.2, 0.25) is 0 Å². The number of hydrogen-bond acceptors (Lipinski definition) is 4. The Labute approximate surface area is 167 Å². The number of methoxy groups -OCH3 is 1. The molecule has 1 saturated heterocycles. The number of piperidine rings is 1. The summed E-state index contributed by atoms with van der Waals surface area (Å²) in [6, 6.07) is 7.87. The molecule has 0 aromatic heterocycles. The summed E-state index contributed by atoms with van der Waals surface area (Å²) in [4.78, 5) is 6.83. The molecule has 142 valence electrons. The lowest BCUT2D eigenvalue weighted by atomic mass is 10.1. The highest BCUT2D eigenvalue weighted by atomic mass is 127. The van der Waals surface area contributed by atoms with E-state index >= 15 is 0 Å². The van der Waals surface area contributed by atoms with Crippen LogP contribution in [-0.2, 0) is 11.3 Å². The van der Waals surface area contributed by atoms with E-state index < -0.39 is 0 Å². The van der Waals surface area contributed by atoms with Crippen LogP contribution in [-0.4, -0.2) is 62.0 Å². The van der Waals surface area contributed by atoms with Crippen molar-refractivity contribution in [3.05, 3.63) is 29.8 Å². The van der Waals surface area contributed by atoms with Gasteiger partial charge in [-0.1, -0.05) is 18.2 Å². The van der Waals surface area contributed by atoms with E-state index in [4.69, 9.17) is 9.47 Å². The molecule has 0 saturated carbocycles. The lowest BCUT2D eigenvalue weighted by Gasteiger charge is -2.32. The van der Waals surface area contributed by atoms with Gasteiger partial charge >= 0.3 is 0 Å². The van der Waals surface area contributed by atoms with Crippen LogP contribution < -0.4 is 10.1 Å². The van der Waals surface area contributed by atoms with E-state index in [9.17, 15) is 5.11 Å². The summed E-state index contributed by atoms with van der Waals surface area (Å²) in [7, 11) is 1.67. The number of halogens is 1. The molecule has 1 heterocycles. The molecule has 25 heavy (non-hydrogen) atoms. The van der Waals surface area contributed by atoms with E-state index in [1.165, 1.54) is 0 Å². The fourth-order valence-corrected chi connectivity index (χ4v) is 2.72. The molecule has 1 fully saturated rings. The predicted octanol–water partition coefficient (Wildman–Crippen LogP) is 2.25. The minimum Gasteiger partial charge on any atom is -0.496 e. The summed E-state index contributed by atoms with van der Waals surface area (Å²) in [6.07, 6.45) is 1.43. The number of aliphatic imine (C=N–C) groups is 1. The van der Waals surface area contributed by atoms with Gasteiger partial charge in [0.1, 0.15) is 5.75 Å². The van der Waals surface area contributed by atoms with Crippen molar-refractivity contribution < 1.29 is 14.6 Å². The maximum absolute atomic E-state index is 9.62. The van der Waals surface area contributed by atoms with Gasteiger partial charge in [-0.25, -0.2) is 0 Å². The zero-order valence-corrected chi connectivity index (χ0v) is 17.4. The highest BCUT2D eigenvalue weighted by Gasteiger charge is 2.19. The molecule has 6 nitrogen and oxygen atoms in total. The van der Waals surface area contributed by atoms with Gasteiger partial charge in [0.15, 0.2) is 5.96 Å². The van der Waals surface area contributed by atoms with E-state index in [1.807, 2.05) is 24.3 Å². The number of nitrogens with one attached hydrogen (secondary N) is 1. The number of guanidine groups is 1. The van der Waals surface area contributed by atoms with Crippen molar-refractivity contribution in [2.24, 2.45) is 4.99 Å². The fourth-order valence-electron chi connectivity index (χ4n) is 2.72. The van der Waals surface area contributed by atoms with E-state index in [-0.39, 0.29) is 30.1 Å². The van der Waals surface area contributed by atoms with Crippen LogP contribution in [0.15, 0.2) is 29.3 Å². The Bertz CT molecular complexity index is 520. The van der Waals surface area contributed by atoms with Gasteiger partial charge in [-0.2, -0.15) is 0 Å². The first kappa shape index (κ1) is 22.0. The molecule has 1 aromatic rings. The molecule has 2 rings (SSSR count). The van der Waals surface area contributed by atoms with E-state index in [0.29, 0.717) is 19.8 Å². The third-order valence-corrected chi connectivity index (χ3v) is 4.05. The standard InChI is InChI=1S/C18H29N3O3.HI/c1-3-19-18(21-11-8-16(22)9-12-21)20-10-13-24-14-15-6-4-5-7-17(15)23-2;/h4-7,16,22H,3,8-14H2,1-2H3,(H,19,20);1H. The molecule has 1 aromatic carbocycles. The van der Waals surface area contributed by atoms with Crippen molar-refractivity contribution in [1.29, 1.82) is 0 Å². The minimum atomic E-state index is -0.173. The predicted molar refractivity (Wildman–Crippen MR) is 111 cm³/mol. The van der Waals surface area contributed by atoms with Crippen LogP contribution in [0.5, 0.6) is 5.75 Å². The highest BCUT2D eigenvalue weighted by molar-refractivity contribution is 14.0. The van der Waals surface area contributed by atoms with Crippen molar-refractivity contribution >= 4 is 29.9 Å². The second kappa shape index (κ2) is 12.3. The Hall–Kier alpha value is -1.06. The van der Waals surface area contributed by atoms with Gasteiger partial charge in [0, 0.05) is 25.2 Å². The molecule has 1 aliphatic rings. The zero-order chi connectivity index (χ0) is 17.2. The van der Waals surface area contributed by atoms with Gasteiger partial charge in [0.05, 0.1) is 33.0 Å². The number of para-hydroxylation sites is 1. The first-order valence-electron chi connectivity index (χ1n) is 8.65. The smallest absolute Gasteiger partial charge is 0.193 e. The SMILES string of the molecule is CCNC(=NCCOCc1ccccc1OC)N1CCC(O)CC1.I. The Kier molecular flexibility index (Phi) is 10.8. The Morgan fingerprint density at radius 1 is 1.32 bits per heavy atom. The highest BCUT2D eigenvalue weighted by Crippen LogP contribution is 2.17. The van der Waals surface area contributed by atoms with Crippen LogP contribution in [0.25, 0.3) is 0 Å². The lowest BCUT2D eigenvalue weighted by molar-refractivity contribution is 0.107. The topological polar surface area (TPSA) is 66.3 Å². The third-order valence-electron chi connectivity index (χ3n) is 4.05. The molecule has 0 amide bonds. The first-order valence-corrected chi connectivity index (χ1v) is 8.65. The van der Waals surface area contributed by atoms with E-state index in [0.717, 1.165) is 49.7 Å². The molecule has 0 atom stereocenters. The molecule has 1 aliphatic heterocycles. The van der Waals surface area contributed by atoms with Crippen LogP contribution in [0.1, 0.15) is 25.3 Å². The van der Waals surface area contributed by atoms with Gasteiger partial charge in [0.2, 0.25) is 0 Å². The van der Waals surface area contributed by atoms with Crippen molar-refractivity contribution in [1.82, 2.24) is 10.2 Å². The van der Waals surface area contributed by atoms with Crippen LogP contribution in [0, 0.1) is 0 Å². The van der Waals surface area contributed by atoms with Crippen LogP contribution in [0.3, 0.4) is 0 Å². The van der Waals surface area contributed by atoms with Crippen molar-refractivity contribution in [3.63, 3.8) is 0 Å². The summed E-state index contributed by atoms with van der Waals surface area (Å²) < 4.78 is 11.0. The number of benzene rings is 1. The average molecular weight is 463 g/mol. The molecule has 0 bridgehead atoms. The molecule has 7 heteroatoms. The summed E-state index contributed by atoms with van der Waals surface area (Å²) in [5.74, 6) is 1.76. The van der Waals surface area contributed by atoms with Gasteiger partial charge in [-0.15, -0.1) is 24.0 Å². The fraction of sp³-hybridized carbons (Fsp3) is 0.611. The number of hydrogen-bond donors (Lipinski definition) is 2. The van der Waals surface area contributed by atoms with Crippen LogP contribution in [0.4, 0.5) is 0 Å². The molecular weight excluding hydrogens is 433 g/mol. The summed E-state index contributed by atoms with van der Waals surface area (Å²) >= 11 is 0. The molecule has 0 spiro atoms. The molecule has 0 aliphatic carbocycles. The van der Waals surface area contributed by atoms with E-state index in [2.05, 4.69) is 22.1 Å². The van der Waals surface area contributed by atoms with Crippen LogP contribution >= 0.6 is 24.0 Å². The third kappa shape index (κ3) is 7.37. The number of aliphatic hydroxyl groups is 1. The Balaban J connectivity index is 0.00000312. The number of aliphatic hydroxyl groups excluding tert-OH is 1. The lowest BCUT2D eigenvalue weighted by Crippen LogP contribution is -2.46. The normalized spacial score (nSPS) is 15.6. The number of likely N-dealkylation sites (tertiary alicyclic amines) is 1. The summed E-state index contributed by atoms with van der Waals surface area (Å²) in [5.41, 5.74) is 1.04. The number of ether oxygens (including phenoxy) is 2. The quantitative estimate of drug-likeness (QED) is 0.281. The Morgan fingerprint density at radius 2 is 2.04 bits per heavy atom. The maximum Gasteiger partial charge on any atom is 0.193 e. The summed E-state index contributed by atoms with van der Waals surface area (Å²) in [5, 5.41) is 12.9. The zero-order valence-electron chi connectivity index (χ0n) is 15.1. The molecule has 0 radical (unpaired) electrons. The maximum atomic E-state index is 9.62. The monoisotopic (exact) mass is 463 g/mol. The van der Waals surface area contributed by atoms with Gasteiger partial charge in [0.25, 0.3) is 0 Å². The van der Waals surface area contributed by atoms with Gasteiger partial charge in [-0.05, 0) is 25.8 Å². The molecule has 2 N–H and O–H groups in total. The van der Waals surface area contributed by atoms with Crippen molar-refractivity contribution in [2.75, 3.05) is 39.9 Å². The number of nitrogens with zero attached hydrogens (tertiary/aromatic N) is 2. The number of rotatable bonds is 7. The molecular formula is C18H30IN3O3. The average Bonchev–Trinajstić information content (AvgIpc) is 2.61. The van der Waals surface area contributed by atoms with Crippen molar-refractivity contribution in [3.8, 4) is 5.75 Å². The van der Waals surface area contributed by atoms with Crippen molar-refractivity contribution in [2.45, 2.75) is 32.5 Å². The second-order valence-corrected chi connectivity index (χ2v) is 5.82. The summed E-state index contributed by atoms with van der Waals surface area (Å²) in [6.45, 7) is 6.27. The Morgan fingerprint density at radius 3 is 2.72 bits per heavy atom. The first-order chi connectivity index (χ1) is 11.7. The van der Waals surface area contributed by atoms with E-state index in [1.54, 1.807) is 7.11 Å². The molecule has 0 unspecified atom stereocenters. The van der Waals surface area contributed by atoms with Gasteiger partial charge < -0.3 is 24.8 Å². The minimum absolute atomic E-state index is 0.